The number of hydrogen-bond acceptors (Lipinski definition) is 3. The van der Waals surface area contributed by atoms with Gasteiger partial charge in [-0.2, -0.15) is 5.26 Å². The molecule has 1 aliphatic rings. The Bertz CT molecular complexity index is 376. The minimum Gasteiger partial charge on any atom is -0.378 e. The molecule has 0 unspecified atom stereocenters. The topological polar surface area (TPSA) is 33.0 Å². The summed E-state index contributed by atoms with van der Waals surface area (Å²) < 4.78 is 5.12. The number of nitriles is 1. The predicted molar refractivity (Wildman–Crippen MR) is 60.8 cm³/mol. The van der Waals surface area contributed by atoms with Gasteiger partial charge in [0, 0.05) is 4.90 Å². The van der Waals surface area contributed by atoms with Crippen LogP contribution in [0.15, 0.2) is 29.2 Å². The van der Waals surface area contributed by atoms with Crippen LogP contribution in [-0.4, -0.2) is 19.5 Å². The second-order valence-corrected chi connectivity index (χ2v) is 4.79. The van der Waals surface area contributed by atoms with Gasteiger partial charge >= 0.3 is 0 Å². The van der Waals surface area contributed by atoms with Crippen LogP contribution in [0.4, 0.5) is 0 Å². The van der Waals surface area contributed by atoms with Crippen LogP contribution in [0.25, 0.3) is 0 Å². The maximum absolute atomic E-state index is 9.06. The van der Waals surface area contributed by atoms with Gasteiger partial charge in [-0.15, -0.1) is 11.8 Å². The van der Waals surface area contributed by atoms with Crippen LogP contribution in [0.3, 0.4) is 0 Å². The monoisotopic (exact) mass is 219 g/mol. The summed E-state index contributed by atoms with van der Waals surface area (Å²) in [6, 6.07) is 10.8. The molecule has 15 heavy (non-hydrogen) atoms. The molecular weight excluding hydrogens is 206 g/mol. The summed E-state index contributed by atoms with van der Waals surface area (Å²) in [5.41, 5.74) is 0.957. The molecule has 0 N–H and O–H groups in total. The van der Waals surface area contributed by atoms with Crippen molar-refractivity contribution in [2.45, 2.75) is 11.3 Å². The molecule has 1 aromatic rings. The van der Waals surface area contributed by atoms with Crippen molar-refractivity contribution in [2.75, 3.05) is 19.5 Å². The first-order valence-electron chi connectivity index (χ1n) is 4.90. The molecule has 0 bridgehead atoms. The van der Waals surface area contributed by atoms with Gasteiger partial charge in [0.05, 0.1) is 19.3 Å². The lowest BCUT2D eigenvalue weighted by atomic mass is 9.81. The first-order chi connectivity index (χ1) is 7.28. The van der Waals surface area contributed by atoms with E-state index >= 15 is 0 Å². The Morgan fingerprint density at radius 2 is 2.07 bits per heavy atom. The average Bonchev–Trinajstić information content (AvgIpc) is 2.24. The lowest BCUT2D eigenvalue weighted by Gasteiger charge is -2.35. The third-order valence-electron chi connectivity index (χ3n) is 2.70. The molecule has 2 nitrogen and oxygen atoms in total. The average molecular weight is 219 g/mol. The lowest BCUT2D eigenvalue weighted by Crippen LogP contribution is -2.43. The van der Waals surface area contributed by atoms with E-state index in [0.717, 1.165) is 6.42 Å². The number of hydrogen-bond donors (Lipinski definition) is 0. The van der Waals surface area contributed by atoms with Gasteiger partial charge in [-0.3, -0.25) is 0 Å². The van der Waals surface area contributed by atoms with E-state index in [-0.39, 0.29) is 5.41 Å². The van der Waals surface area contributed by atoms with E-state index in [9.17, 15) is 0 Å². The summed E-state index contributed by atoms with van der Waals surface area (Å²) in [4.78, 5) is 1.26. The SMILES string of the molecule is CSc1ccc(CC2(C#N)COC2)cc1. The Morgan fingerprint density at radius 1 is 1.40 bits per heavy atom. The van der Waals surface area contributed by atoms with Crippen LogP contribution in [-0.2, 0) is 11.2 Å². The molecule has 0 aromatic heterocycles. The minimum absolute atomic E-state index is 0.263. The lowest BCUT2D eigenvalue weighted by molar-refractivity contribution is -0.0765. The molecule has 1 heterocycles. The van der Waals surface area contributed by atoms with E-state index in [1.807, 2.05) is 0 Å². The number of nitrogens with zero attached hydrogens (tertiary/aromatic N) is 1. The molecule has 1 aromatic carbocycles. The fourth-order valence-corrected chi connectivity index (χ4v) is 2.10. The van der Waals surface area contributed by atoms with Gasteiger partial charge in [-0.05, 0) is 30.4 Å². The molecule has 0 radical (unpaired) electrons. The molecule has 1 saturated heterocycles. The van der Waals surface area contributed by atoms with Gasteiger partial charge in [0.1, 0.15) is 5.41 Å². The molecule has 0 saturated carbocycles. The van der Waals surface area contributed by atoms with Gasteiger partial charge < -0.3 is 4.74 Å². The smallest absolute Gasteiger partial charge is 0.108 e. The second-order valence-electron chi connectivity index (χ2n) is 3.91. The fourth-order valence-electron chi connectivity index (χ4n) is 1.69. The van der Waals surface area contributed by atoms with Crippen molar-refractivity contribution in [3.05, 3.63) is 29.8 Å². The standard InChI is InChI=1S/C12H13NOS/c1-15-11-4-2-10(3-5-11)6-12(7-13)8-14-9-12/h2-5H,6,8-9H2,1H3. The summed E-state index contributed by atoms with van der Waals surface area (Å²) >= 11 is 1.73. The Labute approximate surface area is 94.2 Å². The van der Waals surface area contributed by atoms with Gasteiger partial charge in [0.25, 0.3) is 0 Å². The number of ether oxygens (including phenoxy) is 1. The quantitative estimate of drug-likeness (QED) is 0.732. The summed E-state index contributed by atoms with van der Waals surface area (Å²) in [6.07, 6.45) is 2.86. The largest absolute Gasteiger partial charge is 0.378 e. The van der Waals surface area contributed by atoms with Gasteiger partial charge in [0.15, 0.2) is 0 Å². The normalized spacial score (nSPS) is 17.9. The highest BCUT2D eigenvalue weighted by molar-refractivity contribution is 7.98. The zero-order valence-electron chi connectivity index (χ0n) is 8.69. The van der Waals surface area contributed by atoms with Crippen molar-refractivity contribution in [1.29, 1.82) is 5.26 Å². The van der Waals surface area contributed by atoms with Crippen LogP contribution in [0, 0.1) is 16.7 Å². The minimum atomic E-state index is -0.263. The van der Waals surface area contributed by atoms with E-state index in [2.05, 4.69) is 36.6 Å². The van der Waals surface area contributed by atoms with Crippen LogP contribution in [0.2, 0.25) is 0 Å². The Balaban J connectivity index is 2.08. The van der Waals surface area contributed by atoms with Crippen molar-refractivity contribution >= 4 is 11.8 Å². The summed E-state index contributed by atoms with van der Waals surface area (Å²) in [7, 11) is 0. The first-order valence-corrected chi connectivity index (χ1v) is 6.12. The Hall–Kier alpha value is -0.980. The maximum atomic E-state index is 9.06. The molecule has 78 valence electrons. The number of thioether (sulfide) groups is 1. The van der Waals surface area contributed by atoms with Crippen molar-refractivity contribution in [3.63, 3.8) is 0 Å². The van der Waals surface area contributed by atoms with Crippen LogP contribution < -0.4 is 0 Å². The third-order valence-corrected chi connectivity index (χ3v) is 3.44. The molecule has 1 aliphatic heterocycles. The highest BCUT2D eigenvalue weighted by Gasteiger charge is 2.38. The summed E-state index contributed by atoms with van der Waals surface area (Å²) in [5.74, 6) is 0. The second kappa shape index (κ2) is 4.26. The van der Waals surface area contributed by atoms with E-state index in [4.69, 9.17) is 10.00 Å². The molecule has 0 aliphatic carbocycles. The van der Waals surface area contributed by atoms with Crippen LogP contribution in [0.5, 0.6) is 0 Å². The zero-order valence-corrected chi connectivity index (χ0v) is 9.51. The van der Waals surface area contributed by atoms with Crippen LogP contribution in [0.1, 0.15) is 5.56 Å². The Kier molecular flexibility index (Phi) is 2.99. The number of benzene rings is 1. The van der Waals surface area contributed by atoms with Gasteiger partial charge in [-0.25, -0.2) is 0 Å². The molecule has 1 fully saturated rings. The molecule has 0 atom stereocenters. The number of rotatable bonds is 3. The summed E-state index contributed by atoms with van der Waals surface area (Å²) in [5, 5.41) is 9.06. The van der Waals surface area contributed by atoms with Crippen LogP contribution >= 0.6 is 11.8 Å². The van der Waals surface area contributed by atoms with Crippen molar-refractivity contribution in [3.8, 4) is 6.07 Å². The molecule has 2 rings (SSSR count). The predicted octanol–water partition coefficient (Wildman–Crippen LogP) is 2.49. The highest BCUT2D eigenvalue weighted by Crippen LogP contribution is 2.31. The van der Waals surface area contributed by atoms with Gasteiger partial charge in [-0.1, -0.05) is 12.1 Å². The van der Waals surface area contributed by atoms with Crippen molar-refractivity contribution < 1.29 is 4.74 Å². The van der Waals surface area contributed by atoms with Gasteiger partial charge in [0.2, 0.25) is 0 Å². The molecular formula is C12H13NOS. The van der Waals surface area contributed by atoms with E-state index in [0.29, 0.717) is 13.2 Å². The molecule has 0 spiro atoms. The van der Waals surface area contributed by atoms with E-state index in [1.165, 1.54) is 10.5 Å². The fraction of sp³-hybridized carbons (Fsp3) is 0.417. The van der Waals surface area contributed by atoms with E-state index in [1.54, 1.807) is 11.8 Å². The van der Waals surface area contributed by atoms with Crippen molar-refractivity contribution in [1.82, 2.24) is 0 Å². The molecule has 3 heteroatoms. The first kappa shape index (κ1) is 10.5. The zero-order chi connectivity index (χ0) is 10.7. The summed E-state index contributed by atoms with van der Waals surface area (Å²) in [6.45, 7) is 1.15. The highest BCUT2D eigenvalue weighted by atomic mass is 32.2. The third kappa shape index (κ3) is 2.17. The Morgan fingerprint density at radius 3 is 2.47 bits per heavy atom. The van der Waals surface area contributed by atoms with E-state index < -0.39 is 0 Å². The maximum Gasteiger partial charge on any atom is 0.108 e. The van der Waals surface area contributed by atoms with Crippen molar-refractivity contribution in [2.24, 2.45) is 5.41 Å². The molecule has 0 amide bonds.